The minimum atomic E-state index is -0.981. The van der Waals surface area contributed by atoms with Crippen LogP contribution >= 0.6 is 0 Å². The van der Waals surface area contributed by atoms with Crippen LogP contribution in [-0.2, 0) is 0 Å². The number of nitrogens with one attached hydrogen (secondary N) is 1. The highest BCUT2D eigenvalue weighted by Crippen LogP contribution is 2.07. The van der Waals surface area contributed by atoms with Gasteiger partial charge in [0.05, 0.1) is 11.1 Å². The van der Waals surface area contributed by atoms with E-state index >= 15 is 0 Å². The Morgan fingerprint density at radius 2 is 1.10 bits per heavy atom. The van der Waals surface area contributed by atoms with Crippen LogP contribution < -0.4 is 4.98 Å². The van der Waals surface area contributed by atoms with Gasteiger partial charge in [-0.05, 0) is 38.1 Å². The fraction of sp³-hybridized carbons (Fsp3) is 0.0714. The van der Waals surface area contributed by atoms with Crippen LogP contribution in [0.3, 0.4) is 0 Å². The fourth-order valence-corrected chi connectivity index (χ4v) is 3.14. The monoisotopic (exact) mass is 541 g/mol. The molecule has 0 unspecified atom stereocenters. The summed E-state index contributed by atoms with van der Waals surface area (Å²) in [7, 11) is 0. The lowest BCUT2D eigenvalue weighted by atomic mass is 10.1. The van der Waals surface area contributed by atoms with Gasteiger partial charge >= 0.3 is 17.9 Å². The molecule has 202 valence electrons. The third-order valence-electron chi connectivity index (χ3n) is 5.31. The number of carbonyl (C=O) groups excluding carboxylic acids is 4. The normalized spacial score (nSPS) is 9.85. The molecule has 0 aliphatic carbocycles. The molecule has 5 aromatic rings. The lowest BCUT2D eigenvalue weighted by Gasteiger charge is -1.98. The summed E-state index contributed by atoms with van der Waals surface area (Å²) in [5, 5.41) is 8.53. The first kappa shape index (κ1) is 28.8. The van der Waals surface area contributed by atoms with Gasteiger partial charge in [0, 0.05) is 35.9 Å². The first-order valence-corrected chi connectivity index (χ1v) is 11.7. The summed E-state index contributed by atoms with van der Waals surface area (Å²) in [6.45, 7) is 2.94. The molecule has 12 nitrogen and oxygen atoms in total. The number of Topliss-reactive ketones (excluding diaryl/α,β-unsaturated/α-hetero) is 2. The molecule has 5 rings (SSSR count). The standard InChI is InChI=1S/C12H10N2O2.C9H8O3.C7H6N4O/c1-9(15)10-2-4-11(5-3-10)12(16)14-7-6-13-8-14;1-6(10)7-2-4-8(5-3-7)9(11)12;12-7(10-3-1-8-5-10)11-4-2-9-6-11/h2-8H,1H3;2-5H,1H3,(H,11,12);1-6H/p+1. The molecule has 0 aliphatic rings. The Balaban J connectivity index is 0.000000168. The zero-order chi connectivity index (χ0) is 29.1. The number of carboxylic acids is 1. The molecular weight excluding hydrogens is 516 g/mol. The molecule has 0 bridgehead atoms. The van der Waals surface area contributed by atoms with E-state index in [9.17, 15) is 24.0 Å². The Morgan fingerprint density at radius 3 is 1.45 bits per heavy atom. The number of hydrogen-bond acceptors (Lipinski definition) is 7. The molecule has 0 amide bonds. The van der Waals surface area contributed by atoms with Gasteiger partial charge in [-0.15, -0.1) is 0 Å². The molecule has 2 aromatic carbocycles. The van der Waals surface area contributed by atoms with Crippen molar-refractivity contribution in [1.29, 1.82) is 0 Å². The molecule has 0 spiro atoms. The summed E-state index contributed by atoms with van der Waals surface area (Å²) >= 11 is 0. The predicted molar refractivity (Wildman–Crippen MR) is 141 cm³/mol. The summed E-state index contributed by atoms with van der Waals surface area (Å²) in [5.41, 5.74) is 1.88. The second-order valence-corrected chi connectivity index (χ2v) is 8.12. The predicted octanol–water partition coefficient (Wildman–Crippen LogP) is 3.38. The lowest BCUT2D eigenvalue weighted by Crippen LogP contribution is -2.15. The van der Waals surface area contributed by atoms with Crippen LogP contribution in [0.25, 0.3) is 0 Å². The molecule has 40 heavy (non-hydrogen) atoms. The van der Waals surface area contributed by atoms with Gasteiger partial charge in [-0.3, -0.25) is 18.7 Å². The number of imidazole rings is 3. The Bertz CT molecular complexity index is 1500. The van der Waals surface area contributed by atoms with Gasteiger partial charge in [0.2, 0.25) is 6.33 Å². The number of H-pyrrole nitrogens is 1. The summed E-state index contributed by atoms with van der Waals surface area (Å²) in [5.74, 6) is -1.18. The van der Waals surface area contributed by atoms with Gasteiger partial charge in [-0.2, -0.15) is 4.57 Å². The van der Waals surface area contributed by atoms with Crippen molar-refractivity contribution in [3.63, 3.8) is 0 Å². The van der Waals surface area contributed by atoms with Gasteiger partial charge in [0.15, 0.2) is 11.6 Å². The maximum Gasteiger partial charge on any atom is 0.345 e. The van der Waals surface area contributed by atoms with Crippen molar-refractivity contribution in [2.24, 2.45) is 0 Å². The second kappa shape index (κ2) is 13.7. The Labute approximate surface area is 228 Å². The number of nitrogens with zero attached hydrogens (tertiary/aromatic N) is 5. The second-order valence-electron chi connectivity index (χ2n) is 8.12. The molecule has 0 radical (unpaired) electrons. The number of hydrogen-bond donors (Lipinski definition) is 1. The van der Waals surface area contributed by atoms with Gasteiger partial charge in [-0.1, -0.05) is 24.3 Å². The summed E-state index contributed by atoms with van der Waals surface area (Å²) in [4.78, 5) is 65.8. The smallest absolute Gasteiger partial charge is 0.345 e. The van der Waals surface area contributed by atoms with Gasteiger partial charge in [-0.25, -0.2) is 29.3 Å². The third kappa shape index (κ3) is 7.86. The average Bonchev–Trinajstić information content (AvgIpc) is 3.77. The zero-order valence-electron chi connectivity index (χ0n) is 21.5. The third-order valence-corrected chi connectivity index (χ3v) is 5.31. The first-order valence-electron chi connectivity index (χ1n) is 11.7. The van der Waals surface area contributed by atoms with Crippen molar-refractivity contribution in [1.82, 2.24) is 23.7 Å². The van der Waals surface area contributed by atoms with Crippen LogP contribution in [0.2, 0.25) is 0 Å². The molecule has 0 aliphatic heterocycles. The van der Waals surface area contributed by atoms with E-state index in [-0.39, 0.29) is 29.1 Å². The fourth-order valence-electron chi connectivity index (χ4n) is 3.14. The van der Waals surface area contributed by atoms with Crippen LogP contribution in [0.4, 0.5) is 4.79 Å². The van der Waals surface area contributed by atoms with Crippen molar-refractivity contribution < 1.29 is 34.1 Å². The van der Waals surface area contributed by atoms with E-state index in [2.05, 4.69) is 15.0 Å². The Kier molecular flexibility index (Phi) is 9.84. The number of rotatable bonds is 4. The highest BCUT2D eigenvalue weighted by atomic mass is 16.4. The summed E-state index contributed by atoms with van der Waals surface area (Å²) in [6, 6.07) is 12.3. The quantitative estimate of drug-likeness (QED) is 0.339. The molecule has 0 saturated heterocycles. The molecule has 2 N–H and O–H groups in total. The van der Waals surface area contributed by atoms with E-state index in [0.29, 0.717) is 16.7 Å². The Hall–Kier alpha value is -5.78. The van der Waals surface area contributed by atoms with E-state index in [4.69, 9.17) is 5.11 Å². The average molecular weight is 542 g/mol. The summed E-state index contributed by atoms with van der Waals surface area (Å²) < 4.78 is 4.20. The molecular formula is C28H25N6O6+. The summed E-state index contributed by atoms with van der Waals surface area (Å²) in [6.07, 6.45) is 14.0. The van der Waals surface area contributed by atoms with E-state index in [1.54, 1.807) is 67.8 Å². The number of carboxylic acid groups (broad SMARTS) is 1. The van der Waals surface area contributed by atoms with Gasteiger partial charge in [0.25, 0.3) is 0 Å². The maximum absolute atomic E-state index is 11.8. The number of aromatic carboxylic acids is 1. The molecule has 0 saturated carbocycles. The van der Waals surface area contributed by atoms with Crippen molar-refractivity contribution in [2.75, 3.05) is 0 Å². The van der Waals surface area contributed by atoms with Crippen LogP contribution in [0.1, 0.15) is 55.3 Å². The first-order chi connectivity index (χ1) is 19.2. The lowest BCUT2D eigenvalue weighted by molar-refractivity contribution is -0.376. The molecule has 0 atom stereocenters. The van der Waals surface area contributed by atoms with E-state index < -0.39 is 5.97 Å². The Morgan fingerprint density at radius 1 is 0.650 bits per heavy atom. The van der Waals surface area contributed by atoms with Crippen LogP contribution in [0, 0.1) is 0 Å². The number of aromatic nitrogens is 6. The molecule has 3 aromatic heterocycles. The van der Waals surface area contributed by atoms with E-state index in [1.165, 1.54) is 64.5 Å². The topological polar surface area (TPSA) is 160 Å². The number of carbonyl (C=O) groups is 5. The highest BCUT2D eigenvalue weighted by molar-refractivity contribution is 5.98. The van der Waals surface area contributed by atoms with Crippen LogP contribution in [0.15, 0.2) is 105 Å². The van der Waals surface area contributed by atoms with Crippen LogP contribution in [0.5, 0.6) is 0 Å². The molecule has 3 heterocycles. The minimum absolute atomic E-state index is 0.00621. The molecule has 12 heteroatoms. The highest BCUT2D eigenvalue weighted by Gasteiger charge is 2.13. The number of ketones is 2. The van der Waals surface area contributed by atoms with E-state index in [1.807, 2.05) is 0 Å². The maximum atomic E-state index is 11.8. The van der Waals surface area contributed by atoms with Gasteiger partial charge < -0.3 is 5.11 Å². The van der Waals surface area contributed by atoms with Crippen molar-refractivity contribution in [3.8, 4) is 0 Å². The van der Waals surface area contributed by atoms with Crippen molar-refractivity contribution in [3.05, 3.63) is 127 Å². The number of aromatic amines is 1. The van der Waals surface area contributed by atoms with E-state index in [0.717, 1.165) is 0 Å². The largest absolute Gasteiger partial charge is 0.478 e. The van der Waals surface area contributed by atoms with Gasteiger partial charge in [0.1, 0.15) is 25.0 Å². The van der Waals surface area contributed by atoms with Crippen LogP contribution in [-0.4, -0.2) is 58.2 Å². The van der Waals surface area contributed by atoms with Crippen molar-refractivity contribution >= 4 is 29.5 Å². The SMILES string of the molecule is CC(=O)c1ccc(C(=O)O)cc1.CC(=O)c1ccc(C(=O)n2cc[nH+]c2)cc1.O=C(n1ccnc1)n1ccnc1. The minimum Gasteiger partial charge on any atom is -0.478 e. The number of benzene rings is 2. The van der Waals surface area contributed by atoms with Crippen molar-refractivity contribution in [2.45, 2.75) is 13.8 Å². The zero-order valence-corrected chi connectivity index (χ0v) is 21.5. The molecule has 0 fully saturated rings.